The fraction of sp³-hybridized carbons (Fsp3) is 0.611. The van der Waals surface area contributed by atoms with Crippen LogP contribution in [0.3, 0.4) is 0 Å². The van der Waals surface area contributed by atoms with Gasteiger partial charge in [0, 0.05) is 37.9 Å². The Morgan fingerprint density at radius 3 is 2.26 bits per heavy atom. The first kappa shape index (κ1) is 16.1. The molecule has 1 aliphatic heterocycles. The minimum absolute atomic E-state index is 0.0725. The minimum Gasteiger partial charge on any atom is -0.368 e. The number of benzene rings is 1. The normalized spacial score (nSPS) is 25.3. The molecule has 1 heterocycles. The van der Waals surface area contributed by atoms with E-state index in [-0.39, 0.29) is 11.8 Å². The molecule has 23 heavy (non-hydrogen) atoms. The summed E-state index contributed by atoms with van der Waals surface area (Å²) in [6.45, 7) is 5.30. The molecule has 0 radical (unpaired) electrons. The number of piperazine rings is 1. The van der Waals surface area contributed by atoms with Gasteiger partial charge in [-0.3, -0.25) is 0 Å². The molecular weight excluding hydrogens is 293 g/mol. The van der Waals surface area contributed by atoms with Crippen LogP contribution in [0.5, 0.6) is 0 Å². The molecule has 2 amide bonds. The van der Waals surface area contributed by atoms with E-state index in [0.717, 1.165) is 37.5 Å². The summed E-state index contributed by atoms with van der Waals surface area (Å²) in [6.07, 6.45) is 4.62. The maximum atomic E-state index is 13.0. The number of halogens is 1. The highest BCUT2D eigenvalue weighted by molar-refractivity contribution is 5.75. The molecule has 3 rings (SSSR count). The van der Waals surface area contributed by atoms with Gasteiger partial charge in [0.2, 0.25) is 0 Å². The Morgan fingerprint density at radius 2 is 1.65 bits per heavy atom. The van der Waals surface area contributed by atoms with Gasteiger partial charge in [0.15, 0.2) is 0 Å². The summed E-state index contributed by atoms with van der Waals surface area (Å²) < 4.78 is 13.0. The van der Waals surface area contributed by atoms with Crippen LogP contribution in [-0.2, 0) is 0 Å². The van der Waals surface area contributed by atoms with E-state index in [9.17, 15) is 9.18 Å². The molecule has 0 atom stereocenters. The van der Waals surface area contributed by atoms with Gasteiger partial charge in [-0.1, -0.05) is 6.92 Å². The summed E-state index contributed by atoms with van der Waals surface area (Å²) in [5.74, 6) is 0.580. The lowest BCUT2D eigenvalue weighted by atomic mass is 9.87. The van der Waals surface area contributed by atoms with E-state index in [0.29, 0.717) is 19.1 Å². The van der Waals surface area contributed by atoms with Crippen LogP contribution in [0.25, 0.3) is 0 Å². The first-order valence-corrected chi connectivity index (χ1v) is 8.68. The Kier molecular flexibility index (Phi) is 5.03. The predicted molar refractivity (Wildman–Crippen MR) is 90.1 cm³/mol. The number of hydrogen-bond donors (Lipinski definition) is 1. The Labute approximate surface area is 137 Å². The molecule has 5 heteroatoms. The van der Waals surface area contributed by atoms with Crippen LogP contribution in [0, 0.1) is 11.7 Å². The second kappa shape index (κ2) is 7.20. The van der Waals surface area contributed by atoms with Crippen molar-refractivity contribution in [1.29, 1.82) is 0 Å². The highest BCUT2D eigenvalue weighted by Gasteiger charge is 2.25. The Bertz CT molecular complexity index is 518. The molecule has 4 nitrogen and oxygen atoms in total. The van der Waals surface area contributed by atoms with E-state index in [1.165, 1.54) is 25.0 Å². The van der Waals surface area contributed by atoms with E-state index in [1.54, 1.807) is 12.1 Å². The molecule has 1 N–H and O–H groups in total. The molecule has 1 saturated carbocycles. The number of urea groups is 1. The number of nitrogens with one attached hydrogen (secondary N) is 1. The average Bonchev–Trinajstić information content (AvgIpc) is 2.58. The average molecular weight is 319 g/mol. The predicted octanol–water partition coefficient (Wildman–Crippen LogP) is 3.24. The van der Waals surface area contributed by atoms with Crippen molar-refractivity contribution in [3.05, 3.63) is 30.1 Å². The summed E-state index contributed by atoms with van der Waals surface area (Å²) in [5, 5.41) is 3.19. The van der Waals surface area contributed by atoms with Crippen LogP contribution in [0.4, 0.5) is 14.9 Å². The van der Waals surface area contributed by atoms with Crippen LogP contribution in [0.15, 0.2) is 24.3 Å². The smallest absolute Gasteiger partial charge is 0.317 e. The second-order valence-electron chi connectivity index (χ2n) is 6.86. The third kappa shape index (κ3) is 4.15. The SMILES string of the molecule is CC1CCC(NC(=O)N2CCN(c3ccc(F)cc3)CC2)CC1. The standard InChI is InChI=1S/C18H26FN3O/c1-14-2-6-16(7-3-14)20-18(23)22-12-10-21(11-13-22)17-8-4-15(19)5-9-17/h4-5,8-9,14,16H,2-3,6-7,10-13H2,1H3,(H,20,23). The van der Waals surface area contributed by atoms with Crippen LogP contribution < -0.4 is 10.2 Å². The number of nitrogens with zero attached hydrogens (tertiary/aromatic N) is 2. The fourth-order valence-electron chi connectivity index (χ4n) is 3.49. The number of carbonyl (C=O) groups excluding carboxylic acids is 1. The third-order valence-corrected chi connectivity index (χ3v) is 5.10. The van der Waals surface area contributed by atoms with E-state index >= 15 is 0 Å². The summed E-state index contributed by atoms with van der Waals surface area (Å²) in [5.41, 5.74) is 1.02. The van der Waals surface area contributed by atoms with E-state index in [1.807, 2.05) is 4.90 Å². The number of hydrogen-bond acceptors (Lipinski definition) is 2. The summed E-state index contributed by atoms with van der Waals surface area (Å²) in [4.78, 5) is 16.5. The van der Waals surface area contributed by atoms with Crippen LogP contribution in [0.2, 0.25) is 0 Å². The molecule has 0 unspecified atom stereocenters. The topological polar surface area (TPSA) is 35.6 Å². The molecule has 1 saturated heterocycles. The van der Waals surface area contributed by atoms with Gasteiger partial charge in [-0.15, -0.1) is 0 Å². The fourth-order valence-corrected chi connectivity index (χ4v) is 3.49. The second-order valence-corrected chi connectivity index (χ2v) is 6.86. The van der Waals surface area contributed by atoms with Gasteiger partial charge in [0.25, 0.3) is 0 Å². The van der Waals surface area contributed by atoms with Gasteiger partial charge >= 0.3 is 6.03 Å². The molecule has 126 valence electrons. The van der Waals surface area contributed by atoms with Crippen LogP contribution in [0.1, 0.15) is 32.6 Å². The zero-order valence-corrected chi connectivity index (χ0v) is 13.8. The third-order valence-electron chi connectivity index (χ3n) is 5.10. The molecule has 2 fully saturated rings. The van der Waals surface area contributed by atoms with E-state index in [4.69, 9.17) is 0 Å². The number of amides is 2. The van der Waals surface area contributed by atoms with Gasteiger partial charge in [-0.2, -0.15) is 0 Å². The lowest BCUT2D eigenvalue weighted by molar-refractivity contribution is 0.184. The van der Waals surface area contributed by atoms with Gasteiger partial charge < -0.3 is 15.1 Å². The van der Waals surface area contributed by atoms with Crippen molar-refractivity contribution in [3.8, 4) is 0 Å². The first-order chi connectivity index (χ1) is 11.1. The van der Waals surface area contributed by atoms with Gasteiger partial charge in [-0.05, 0) is 55.9 Å². The molecule has 1 aromatic carbocycles. The van der Waals surface area contributed by atoms with E-state index in [2.05, 4.69) is 17.1 Å². The molecule has 0 bridgehead atoms. The largest absolute Gasteiger partial charge is 0.368 e. The quantitative estimate of drug-likeness (QED) is 0.908. The summed E-state index contributed by atoms with van der Waals surface area (Å²) >= 11 is 0. The lowest BCUT2D eigenvalue weighted by Crippen LogP contribution is -2.53. The number of carbonyl (C=O) groups is 1. The maximum absolute atomic E-state index is 13.0. The molecular formula is C18H26FN3O. The minimum atomic E-state index is -0.214. The highest BCUT2D eigenvalue weighted by Crippen LogP contribution is 2.23. The van der Waals surface area contributed by atoms with Crippen molar-refractivity contribution in [3.63, 3.8) is 0 Å². The number of rotatable bonds is 2. The number of anilines is 1. The Morgan fingerprint density at radius 1 is 1.04 bits per heavy atom. The van der Waals surface area contributed by atoms with Gasteiger partial charge in [0.05, 0.1) is 0 Å². The van der Waals surface area contributed by atoms with Gasteiger partial charge in [0.1, 0.15) is 5.82 Å². The molecule has 2 aliphatic rings. The molecule has 0 spiro atoms. The lowest BCUT2D eigenvalue weighted by Gasteiger charge is -2.37. The van der Waals surface area contributed by atoms with Crippen molar-refractivity contribution in [2.45, 2.75) is 38.6 Å². The van der Waals surface area contributed by atoms with Crippen molar-refractivity contribution < 1.29 is 9.18 Å². The van der Waals surface area contributed by atoms with Gasteiger partial charge in [-0.25, -0.2) is 9.18 Å². The molecule has 1 aliphatic carbocycles. The molecule has 0 aromatic heterocycles. The zero-order chi connectivity index (χ0) is 16.2. The van der Waals surface area contributed by atoms with Crippen molar-refractivity contribution in [2.24, 2.45) is 5.92 Å². The Balaban J connectivity index is 1.46. The Hall–Kier alpha value is -1.78. The first-order valence-electron chi connectivity index (χ1n) is 8.68. The monoisotopic (exact) mass is 319 g/mol. The van der Waals surface area contributed by atoms with Crippen molar-refractivity contribution in [2.75, 3.05) is 31.1 Å². The van der Waals surface area contributed by atoms with Crippen LogP contribution >= 0.6 is 0 Å². The maximum Gasteiger partial charge on any atom is 0.317 e. The van der Waals surface area contributed by atoms with Crippen molar-refractivity contribution >= 4 is 11.7 Å². The zero-order valence-electron chi connectivity index (χ0n) is 13.8. The summed E-state index contributed by atoms with van der Waals surface area (Å²) in [7, 11) is 0. The molecule has 1 aromatic rings. The highest BCUT2D eigenvalue weighted by atomic mass is 19.1. The van der Waals surface area contributed by atoms with Crippen LogP contribution in [-0.4, -0.2) is 43.2 Å². The summed E-state index contributed by atoms with van der Waals surface area (Å²) in [6, 6.07) is 6.98. The van der Waals surface area contributed by atoms with E-state index < -0.39 is 0 Å². The van der Waals surface area contributed by atoms with Crippen molar-refractivity contribution in [1.82, 2.24) is 10.2 Å².